The molecule has 7 heteroatoms. The van der Waals surface area contributed by atoms with Gasteiger partial charge in [0, 0.05) is 46.5 Å². The van der Waals surface area contributed by atoms with E-state index in [9.17, 15) is 9.00 Å². The van der Waals surface area contributed by atoms with Crippen molar-refractivity contribution < 1.29 is 14.2 Å². The van der Waals surface area contributed by atoms with Crippen molar-refractivity contribution in [1.82, 2.24) is 4.90 Å². The van der Waals surface area contributed by atoms with Crippen LogP contribution in [0.15, 0.2) is 29.4 Å². The number of amidine groups is 1. The van der Waals surface area contributed by atoms with Crippen LogP contribution in [0.5, 0.6) is 0 Å². The van der Waals surface area contributed by atoms with Crippen LogP contribution in [-0.2, 0) is 10.8 Å². The maximum atomic E-state index is 12.3. The minimum Gasteiger partial charge on any atom is -0.409 e. The monoisotopic (exact) mass is 281 g/mol. The van der Waals surface area contributed by atoms with Crippen molar-refractivity contribution in [3.8, 4) is 0 Å². The van der Waals surface area contributed by atoms with Gasteiger partial charge >= 0.3 is 0 Å². The van der Waals surface area contributed by atoms with Gasteiger partial charge in [-0.15, -0.1) is 0 Å². The summed E-state index contributed by atoms with van der Waals surface area (Å²) in [6, 6.07) is 6.62. The molecule has 2 rings (SSSR count). The molecule has 0 spiro atoms. The number of nitrogens with zero attached hydrogens (tertiary/aromatic N) is 2. The van der Waals surface area contributed by atoms with E-state index in [1.54, 1.807) is 29.2 Å². The number of hydrogen-bond donors (Lipinski definition) is 2. The Hall–Kier alpha value is -1.89. The molecule has 0 unspecified atom stereocenters. The Balaban J connectivity index is 2.17. The van der Waals surface area contributed by atoms with Crippen molar-refractivity contribution in [1.29, 1.82) is 0 Å². The van der Waals surface area contributed by atoms with Crippen molar-refractivity contribution in [3.63, 3.8) is 0 Å². The molecule has 1 amide bonds. The molecule has 1 saturated heterocycles. The molecule has 1 aliphatic heterocycles. The minimum absolute atomic E-state index is 0.0330. The number of carbonyl (C=O) groups excluding carboxylic acids is 1. The molecule has 0 atom stereocenters. The van der Waals surface area contributed by atoms with Crippen LogP contribution in [0.4, 0.5) is 0 Å². The maximum Gasteiger partial charge on any atom is 0.253 e. The highest BCUT2D eigenvalue weighted by Gasteiger charge is 2.21. The zero-order valence-electron chi connectivity index (χ0n) is 10.3. The molecular formula is C12H15N3O3S. The van der Waals surface area contributed by atoms with Crippen LogP contribution in [0.2, 0.25) is 0 Å². The predicted octanol–water partition coefficient (Wildman–Crippen LogP) is -0.0144. The molecular weight excluding hydrogens is 266 g/mol. The molecule has 0 saturated carbocycles. The lowest BCUT2D eigenvalue weighted by molar-refractivity contribution is 0.0771. The highest BCUT2D eigenvalue weighted by atomic mass is 32.2. The van der Waals surface area contributed by atoms with E-state index in [2.05, 4.69) is 5.16 Å². The quantitative estimate of drug-likeness (QED) is 0.345. The number of benzene rings is 1. The van der Waals surface area contributed by atoms with Gasteiger partial charge in [-0.1, -0.05) is 17.3 Å². The van der Waals surface area contributed by atoms with Crippen molar-refractivity contribution in [2.45, 2.75) is 0 Å². The van der Waals surface area contributed by atoms with Crippen LogP contribution in [0.3, 0.4) is 0 Å². The van der Waals surface area contributed by atoms with Gasteiger partial charge in [0.05, 0.1) is 0 Å². The van der Waals surface area contributed by atoms with E-state index in [4.69, 9.17) is 10.9 Å². The van der Waals surface area contributed by atoms with E-state index in [1.165, 1.54) is 0 Å². The summed E-state index contributed by atoms with van der Waals surface area (Å²) in [4.78, 5) is 13.9. The lowest BCUT2D eigenvalue weighted by Gasteiger charge is -2.26. The van der Waals surface area contributed by atoms with E-state index in [-0.39, 0.29) is 11.7 Å². The third kappa shape index (κ3) is 3.11. The number of carbonyl (C=O) groups is 1. The Labute approximate surface area is 113 Å². The molecule has 102 valence electrons. The summed E-state index contributed by atoms with van der Waals surface area (Å²) in [6.07, 6.45) is 0. The van der Waals surface area contributed by atoms with Crippen molar-refractivity contribution >= 4 is 22.5 Å². The second-order valence-electron chi connectivity index (χ2n) is 4.21. The standard InChI is InChI=1S/C12H15N3O3S/c13-11(14-17)9-2-1-3-10(8-9)12(16)15-4-6-19(18)7-5-15/h1-3,8,17H,4-7H2,(H2,13,14). The molecule has 1 heterocycles. The Morgan fingerprint density at radius 1 is 1.32 bits per heavy atom. The van der Waals surface area contributed by atoms with Gasteiger partial charge in [0.2, 0.25) is 0 Å². The van der Waals surface area contributed by atoms with E-state index in [0.29, 0.717) is 35.7 Å². The third-order valence-electron chi connectivity index (χ3n) is 2.98. The van der Waals surface area contributed by atoms with Crippen molar-refractivity contribution in [2.75, 3.05) is 24.6 Å². The predicted molar refractivity (Wildman–Crippen MR) is 72.7 cm³/mol. The summed E-state index contributed by atoms with van der Waals surface area (Å²) < 4.78 is 11.3. The molecule has 1 aromatic rings. The Morgan fingerprint density at radius 2 is 1.95 bits per heavy atom. The second kappa shape index (κ2) is 5.83. The topological polar surface area (TPSA) is 96.0 Å². The average Bonchev–Trinajstić information content (AvgIpc) is 2.46. The highest BCUT2D eigenvalue weighted by molar-refractivity contribution is 7.85. The highest BCUT2D eigenvalue weighted by Crippen LogP contribution is 2.11. The fourth-order valence-corrected chi connectivity index (χ4v) is 2.95. The third-order valence-corrected chi connectivity index (χ3v) is 4.25. The number of nitrogens with two attached hydrogens (primary N) is 1. The first-order chi connectivity index (χ1) is 9.11. The van der Waals surface area contributed by atoms with Crippen LogP contribution < -0.4 is 5.73 Å². The van der Waals surface area contributed by atoms with E-state index in [1.807, 2.05) is 0 Å². The largest absolute Gasteiger partial charge is 0.409 e. The van der Waals surface area contributed by atoms with Gasteiger partial charge in [-0.2, -0.15) is 0 Å². The normalized spacial score (nSPS) is 17.5. The van der Waals surface area contributed by atoms with E-state index in [0.717, 1.165) is 0 Å². The zero-order chi connectivity index (χ0) is 13.8. The summed E-state index contributed by atoms with van der Waals surface area (Å²) in [5, 5.41) is 11.5. The first-order valence-corrected chi connectivity index (χ1v) is 7.33. The van der Waals surface area contributed by atoms with E-state index < -0.39 is 10.8 Å². The number of rotatable bonds is 2. The Kier molecular flexibility index (Phi) is 4.16. The molecule has 0 aliphatic carbocycles. The van der Waals surface area contributed by atoms with Crippen LogP contribution >= 0.6 is 0 Å². The summed E-state index contributed by atoms with van der Waals surface area (Å²) in [6.45, 7) is 0.998. The Bertz CT molecular complexity index is 535. The molecule has 0 bridgehead atoms. The number of hydrogen-bond acceptors (Lipinski definition) is 4. The summed E-state index contributed by atoms with van der Waals surface area (Å²) >= 11 is 0. The fourth-order valence-electron chi connectivity index (χ4n) is 1.89. The molecule has 6 nitrogen and oxygen atoms in total. The first-order valence-electron chi connectivity index (χ1n) is 5.84. The minimum atomic E-state index is -0.813. The SMILES string of the molecule is N/C(=N/O)c1cccc(C(=O)N2CCS(=O)CC2)c1. The molecule has 1 fully saturated rings. The molecule has 0 radical (unpaired) electrons. The van der Waals surface area contributed by atoms with Gasteiger partial charge in [-0.3, -0.25) is 9.00 Å². The first kappa shape index (κ1) is 13.5. The molecule has 0 aromatic heterocycles. The van der Waals surface area contributed by atoms with Gasteiger partial charge in [0.25, 0.3) is 5.91 Å². The maximum absolute atomic E-state index is 12.3. The van der Waals surface area contributed by atoms with Gasteiger partial charge < -0.3 is 15.8 Å². The number of oxime groups is 1. The van der Waals surface area contributed by atoms with Gasteiger partial charge in [-0.05, 0) is 12.1 Å². The zero-order valence-corrected chi connectivity index (χ0v) is 11.1. The summed E-state index contributed by atoms with van der Waals surface area (Å²) in [5.41, 5.74) is 6.47. The lowest BCUT2D eigenvalue weighted by atomic mass is 10.1. The van der Waals surface area contributed by atoms with Crippen LogP contribution in [0, 0.1) is 0 Å². The Morgan fingerprint density at radius 3 is 2.58 bits per heavy atom. The molecule has 1 aromatic carbocycles. The fraction of sp³-hybridized carbons (Fsp3) is 0.333. The smallest absolute Gasteiger partial charge is 0.253 e. The van der Waals surface area contributed by atoms with Gasteiger partial charge in [-0.25, -0.2) is 0 Å². The summed E-state index contributed by atoms with van der Waals surface area (Å²) in [7, 11) is -0.813. The van der Waals surface area contributed by atoms with Crippen LogP contribution in [-0.4, -0.2) is 50.7 Å². The summed E-state index contributed by atoms with van der Waals surface area (Å²) in [5.74, 6) is 0.885. The van der Waals surface area contributed by atoms with Crippen LogP contribution in [0.1, 0.15) is 15.9 Å². The van der Waals surface area contributed by atoms with E-state index >= 15 is 0 Å². The molecule has 1 aliphatic rings. The number of amides is 1. The van der Waals surface area contributed by atoms with Crippen molar-refractivity contribution in [3.05, 3.63) is 35.4 Å². The lowest BCUT2D eigenvalue weighted by Crippen LogP contribution is -2.41. The average molecular weight is 281 g/mol. The van der Waals surface area contributed by atoms with Crippen molar-refractivity contribution in [2.24, 2.45) is 10.9 Å². The van der Waals surface area contributed by atoms with Gasteiger partial charge in [0.15, 0.2) is 5.84 Å². The second-order valence-corrected chi connectivity index (χ2v) is 5.90. The molecule has 3 N–H and O–H groups in total. The van der Waals surface area contributed by atoms with Crippen LogP contribution in [0.25, 0.3) is 0 Å². The molecule has 19 heavy (non-hydrogen) atoms. The van der Waals surface area contributed by atoms with Gasteiger partial charge in [0.1, 0.15) is 0 Å².